The number of nitrogens with zero attached hydrogens (tertiary/aromatic N) is 2. The summed E-state index contributed by atoms with van der Waals surface area (Å²) in [6.45, 7) is 4.32. The fourth-order valence-electron chi connectivity index (χ4n) is 0.794. The standard InChI is InChI=1S/C6H12N2.ClH.Na/c1-3-8-5-4-7(2)6-8;;/h4-5H,3,6H2,1-2H3;1H;/q;;+1/p-1. The second kappa shape index (κ2) is 6.35. The molecule has 0 aliphatic carbocycles. The van der Waals surface area contributed by atoms with E-state index in [0.717, 1.165) is 13.2 Å². The maximum atomic E-state index is 2.25. The molecule has 0 fully saturated rings. The number of halogens is 1. The predicted molar refractivity (Wildman–Crippen MR) is 34.1 cm³/mol. The van der Waals surface area contributed by atoms with Crippen LogP contribution >= 0.6 is 0 Å². The molecule has 0 radical (unpaired) electrons. The summed E-state index contributed by atoms with van der Waals surface area (Å²) in [5.74, 6) is 0. The van der Waals surface area contributed by atoms with Crippen LogP contribution in [-0.4, -0.2) is 30.1 Å². The van der Waals surface area contributed by atoms with Gasteiger partial charge in [-0.2, -0.15) is 0 Å². The molecule has 1 heterocycles. The van der Waals surface area contributed by atoms with Gasteiger partial charge >= 0.3 is 29.6 Å². The molecule has 0 spiro atoms. The second-order valence-electron chi connectivity index (χ2n) is 2.10. The van der Waals surface area contributed by atoms with Crippen molar-refractivity contribution < 1.29 is 42.0 Å². The largest absolute Gasteiger partial charge is 1.00 e. The van der Waals surface area contributed by atoms with Gasteiger partial charge < -0.3 is 22.2 Å². The molecule has 0 N–H and O–H groups in total. The normalized spacial score (nSPS) is 14.6. The molecule has 0 saturated carbocycles. The van der Waals surface area contributed by atoms with Crippen molar-refractivity contribution in [2.45, 2.75) is 6.92 Å². The summed E-state index contributed by atoms with van der Waals surface area (Å²) in [4.78, 5) is 4.41. The Balaban J connectivity index is 0. The van der Waals surface area contributed by atoms with Crippen LogP contribution in [0.3, 0.4) is 0 Å². The molecule has 0 aromatic rings. The van der Waals surface area contributed by atoms with E-state index in [0.29, 0.717) is 0 Å². The molecule has 0 bridgehead atoms. The van der Waals surface area contributed by atoms with E-state index in [1.54, 1.807) is 0 Å². The molecule has 0 amide bonds. The second-order valence-corrected chi connectivity index (χ2v) is 2.10. The van der Waals surface area contributed by atoms with Gasteiger partial charge in [-0.3, -0.25) is 0 Å². The van der Waals surface area contributed by atoms with Crippen molar-refractivity contribution in [1.82, 2.24) is 9.80 Å². The summed E-state index contributed by atoms with van der Waals surface area (Å²) in [6.07, 6.45) is 4.20. The molecule has 0 saturated heterocycles. The van der Waals surface area contributed by atoms with Gasteiger partial charge in [0.1, 0.15) is 0 Å². The minimum atomic E-state index is 0. The van der Waals surface area contributed by atoms with Crippen molar-refractivity contribution in [2.75, 3.05) is 20.3 Å². The van der Waals surface area contributed by atoms with E-state index in [1.165, 1.54) is 0 Å². The van der Waals surface area contributed by atoms with Gasteiger partial charge in [-0.05, 0) is 6.92 Å². The Morgan fingerprint density at radius 1 is 1.40 bits per heavy atom. The van der Waals surface area contributed by atoms with Crippen LogP contribution in [0, 0.1) is 0 Å². The van der Waals surface area contributed by atoms with Gasteiger partial charge in [0, 0.05) is 26.0 Å². The van der Waals surface area contributed by atoms with Gasteiger partial charge in [0.05, 0.1) is 6.67 Å². The molecule has 10 heavy (non-hydrogen) atoms. The third-order valence-corrected chi connectivity index (χ3v) is 1.34. The Labute approximate surface area is 91.0 Å². The zero-order valence-corrected chi connectivity index (χ0v) is 9.60. The van der Waals surface area contributed by atoms with Crippen molar-refractivity contribution in [3.8, 4) is 0 Å². The van der Waals surface area contributed by atoms with Crippen molar-refractivity contribution >= 4 is 0 Å². The average molecular weight is 171 g/mol. The van der Waals surface area contributed by atoms with Crippen LogP contribution in [-0.2, 0) is 0 Å². The Morgan fingerprint density at radius 3 is 2.20 bits per heavy atom. The molecule has 0 atom stereocenters. The van der Waals surface area contributed by atoms with Crippen LogP contribution in [0.15, 0.2) is 12.4 Å². The first-order valence-electron chi connectivity index (χ1n) is 2.95. The van der Waals surface area contributed by atoms with Gasteiger partial charge in [0.25, 0.3) is 0 Å². The summed E-state index contributed by atoms with van der Waals surface area (Å²) < 4.78 is 0. The number of hydrogen-bond acceptors (Lipinski definition) is 2. The van der Waals surface area contributed by atoms with Gasteiger partial charge in [-0.15, -0.1) is 0 Å². The van der Waals surface area contributed by atoms with E-state index >= 15 is 0 Å². The minimum Gasteiger partial charge on any atom is -1.00 e. The Morgan fingerprint density at radius 2 is 2.00 bits per heavy atom. The van der Waals surface area contributed by atoms with Gasteiger partial charge in [0.2, 0.25) is 0 Å². The van der Waals surface area contributed by atoms with Crippen LogP contribution < -0.4 is 42.0 Å². The number of hydrogen-bond donors (Lipinski definition) is 0. The molecular weight excluding hydrogens is 159 g/mol. The zero-order chi connectivity index (χ0) is 5.98. The zero-order valence-electron chi connectivity index (χ0n) is 6.84. The molecule has 1 rings (SSSR count). The third-order valence-electron chi connectivity index (χ3n) is 1.34. The van der Waals surface area contributed by atoms with E-state index in [4.69, 9.17) is 0 Å². The van der Waals surface area contributed by atoms with Crippen LogP contribution in [0.2, 0.25) is 0 Å². The third kappa shape index (κ3) is 3.71. The van der Waals surface area contributed by atoms with E-state index < -0.39 is 0 Å². The first kappa shape index (κ1) is 13.2. The maximum absolute atomic E-state index is 2.25. The smallest absolute Gasteiger partial charge is 1.00 e. The molecule has 1 aliphatic rings. The fraction of sp³-hybridized carbons (Fsp3) is 0.667. The minimum absolute atomic E-state index is 0. The molecule has 0 aromatic heterocycles. The summed E-state index contributed by atoms with van der Waals surface area (Å²) in [5.41, 5.74) is 0. The first-order chi connectivity index (χ1) is 3.83. The van der Waals surface area contributed by atoms with Crippen LogP contribution in [0.5, 0.6) is 0 Å². The summed E-state index contributed by atoms with van der Waals surface area (Å²) in [5, 5.41) is 0. The number of rotatable bonds is 1. The molecule has 2 nitrogen and oxygen atoms in total. The van der Waals surface area contributed by atoms with E-state index in [9.17, 15) is 0 Å². The molecule has 54 valence electrons. The van der Waals surface area contributed by atoms with Crippen molar-refractivity contribution in [3.63, 3.8) is 0 Å². The SMILES string of the molecule is CCN1C=CN(C)C1.[Cl-].[Na+]. The molecule has 0 unspecified atom stereocenters. The first-order valence-corrected chi connectivity index (χ1v) is 2.95. The van der Waals surface area contributed by atoms with Crippen LogP contribution in [0.1, 0.15) is 6.92 Å². The Kier molecular flexibility index (Phi) is 8.40. The van der Waals surface area contributed by atoms with Gasteiger partial charge in [0.15, 0.2) is 0 Å². The van der Waals surface area contributed by atoms with E-state index in [2.05, 4.69) is 36.2 Å². The predicted octanol–water partition coefficient (Wildman–Crippen LogP) is -5.31. The molecule has 0 aromatic carbocycles. The monoisotopic (exact) mass is 170 g/mol. The maximum Gasteiger partial charge on any atom is 1.00 e. The van der Waals surface area contributed by atoms with Crippen molar-refractivity contribution in [2.24, 2.45) is 0 Å². The molecule has 1 aliphatic heterocycles. The molecular formula is C6H12ClN2Na. The fourth-order valence-corrected chi connectivity index (χ4v) is 0.794. The van der Waals surface area contributed by atoms with Crippen molar-refractivity contribution in [3.05, 3.63) is 12.4 Å². The Hall–Kier alpha value is 0.630. The summed E-state index contributed by atoms with van der Waals surface area (Å²) >= 11 is 0. The van der Waals surface area contributed by atoms with Crippen LogP contribution in [0.25, 0.3) is 0 Å². The van der Waals surface area contributed by atoms with E-state index in [-0.39, 0.29) is 42.0 Å². The average Bonchev–Trinajstić information content (AvgIpc) is 2.14. The van der Waals surface area contributed by atoms with Gasteiger partial charge in [-0.1, -0.05) is 0 Å². The van der Waals surface area contributed by atoms with Gasteiger partial charge in [-0.25, -0.2) is 0 Å². The quantitative estimate of drug-likeness (QED) is 0.363. The summed E-state index contributed by atoms with van der Waals surface area (Å²) in [6, 6.07) is 0. The summed E-state index contributed by atoms with van der Waals surface area (Å²) in [7, 11) is 2.08. The topological polar surface area (TPSA) is 6.48 Å². The van der Waals surface area contributed by atoms with Crippen LogP contribution in [0.4, 0.5) is 0 Å². The molecule has 4 heteroatoms. The van der Waals surface area contributed by atoms with Crippen molar-refractivity contribution in [1.29, 1.82) is 0 Å². The van der Waals surface area contributed by atoms with E-state index in [1.807, 2.05) is 0 Å². The Bertz CT molecular complexity index is 108.